The Bertz CT molecular complexity index is 1210. The number of amides is 1. The quantitative estimate of drug-likeness (QED) is 0.0320. The SMILES string of the molecule is CCCCCCCCCCCCCCCCCCCCCCCCC(O)C(CO)NC(=O)CCCCCCCCCC/C=C\CCCCCCCCCCCCCCOC(=O)CCCCCCCCCCCCCCCCCCC. The second-order valence-electron chi connectivity index (χ2n) is 25.6. The van der Waals surface area contributed by atoms with Crippen LogP contribution in [0.25, 0.3) is 0 Å². The second kappa shape index (κ2) is 70.1. The minimum atomic E-state index is -0.668. The molecule has 3 N–H and O–H groups in total. The van der Waals surface area contributed by atoms with Crippen molar-refractivity contribution in [1.82, 2.24) is 5.32 Å². The van der Waals surface area contributed by atoms with E-state index < -0.39 is 12.1 Å². The molecule has 2 unspecified atom stereocenters. The van der Waals surface area contributed by atoms with Crippen LogP contribution in [0.3, 0.4) is 0 Å². The summed E-state index contributed by atoms with van der Waals surface area (Å²) in [5.41, 5.74) is 0. The molecule has 0 aromatic carbocycles. The normalized spacial score (nSPS) is 12.5. The summed E-state index contributed by atoms with van der Waals surface area (Å²) < 4.78 is 5.51. The van der Waals surface area contributed by atoms with Gasteiger partial charge in [-0.05, 0) is 51.4 Å². The number of esters is 1. The lowest BCUT2D eigenvalue weighted by atomic mass is 10.0. The van der Waals surface area contributed by atoms with Gasteiger partial charge in [-0.3, -0.25) is 9.59 Å². The largest absolute Gasteiger partial charge is 0.466 e. The number of rotatable bonds is 70. The monoisotopic (exact) mass is 1130 g/mol. The molecular formula is C74H145NO5. The Kier molecular flexibility index (Phi) is 68.9. The summed E-state index contributed by atoms with van der Waals surface area (Å²) in [6, 6.07) is -0.545. The third kappa shape index (κ3) is 65.7. The van der Waals surface area contributed by atoms with E-state index in [1.54, 1.807) is 0 Å². The Hall–Kier alpha value is -1.40. The van der Waals surface area contributed by atoms with Gasteiger partial charge in [-0.25, -0.2) is 0 Å². The predicted octanol–water partition coefficient (Wildman–Crippen LogP) is 23.9. The van der Waals surface area contributed by atoms with Gasteiger partial charge < -0.3 is 20.3 Å². The van der Waals surface area contributed by atoms with Gasteiger partial charge in [-0.15, -0.1) is 0 Å². The smallest absolute Gasteiger partial charge is 0.305 e. The molecule has 0 aliphatic carbocycles. The predicted molar refractivity (Wildman–Crippen MR) is 352 cm³/mol. The highest BCUT2D eigenvalue weighted by Crippen LogP contribution is 2.20. The number of ether oxygens (including phenoxy) is 1. The number of unbranched alkanes of at least 4 members (excludes halogenated alkanes) is 57. The van der Waals surface area contributed by atoms with Gasteiger partial charge in [0.2, 0.25) is 5.91 Å². The maximum Gasteiger partial charge on any atom is 0.305 e. The number of carbonyl (C=O) groups excluding carboxylic acids is 2. The standard InChI is InChI=1S/C74H145NO5/c1-3-5-7-9-11-13-15-17-19-21-22-23-28-31-35-38-42-46-50-54-58-62-66-72(77)71(70-76)75-73(78)67-63-59-55-51-47-43-39-36-32-29-26-24-25-27-30-33-37-41-45-49-53-57-61-65-69-80-74(79)68-64-60-56-52-48-44-40-34-20-18-16-14-12-10-8-6-4-2/h26,29,71-72,76-77H,3-25,27-28,30-70H2,1-2H3,(H,75,78)/b29-26-. The molecule has 80 heavy (non-hydrogen) atoms. The average molecular weight is 1130 g/mol. The van der Waals surface area contributed by atoms with E-state index >= 15 is 0 Å². The van der Waals surface area contributed by atoms with Gasteiger partial charge in [0, 0.05) is 12.8 Å². The maximum atomic E-state index is 12.6. The highest BCUT2D eigenvalue weighted by molar-refractivity contribution is 5.76. The number of carbonyl (C=O) groups is 2. The van der Waals surface area contributed by atoms with Crippen molar-refractivity contribution in [3.05, 3.63) is 12.2 Å². The fourth-order valence-electron chi connectivity index (χ4n) is 11.9. The van der Waals surface area contributed by atoms with E-state index in [1.165, 1.54) is 353 Å². The van der Waals surface area contributed by atoms with Crippen LogP contribution in [0.15, 0.2) is 12.2 Å². The first-order valence-corrected chi connectivity index (χ1v) is 36.9. The molecule has 0 aliphatic rings. The van der Waals surface area contributed by atoms with E-state index in [-0.39, 0.29) is 18.5 Å². The zero-order valence-corrected chi connectivity index (χ0v) is 54.6. The molecule has 6 nitrogen and oxygen atoms in total. The van der Waals surface area contributed by atoms with Gasteiger partial charge in [0.15, 0.2) is 0 Å². The average Bonchev–Trinajstić information content (AvgIpc) is 3.46. The summed E-state index contributed by atoms with van der Waals surface area (Å²) in [6.07, 6.45) is 87.0. The molecular weight excluding hydrogens is 983 g/mol. The van der Waals surface area contributed by atoms with Gasteiger partial charge in [-0.1, -0.05) is 373 Å². The lowest BCUT2D eigenvalue weighted by Crippen LogP contribution is -2.45. The Morgan fingerprint density at radius 3 is 0.887 bits per heavy atom. The van der Waals surface area contributed by atoms with Crippen LogP contribution in [0, 0.1) is 0 Å². The molecule has 2 atom stereocenters. The van der Waals surface area contributed by atoms with Crippen LogP contribution in [0.5, 0.6) is 0 Å². The number of aliphatic hydroxyl groups is 2. The van der Waals surface area contributed by atoms with E-state index in [0.717, 1.165) is 38.5 Å². The molecule has 1 amide bonds. The molecule has 0 radical (unpaired) electrons. The van der Waals surface area contributed by atoms with Crippen LogP contribution >= 0.6 is 0 Å². The van der Waals surface area contributed by atoms with Crippen molar-refractivity contribution in [2.24, 2.45) is 0 Å². The highest BCUT2D eigenvalue weighted by atomic mass is 16.5. The minimum absolute atomic E-state index is 0.0179. The molecule has 0 fully saturated rings. The summed E-state index contributed by atoms with van der Waals surface area (Å²) in [5.74, 6) is -0.0164. The molecule has 0 spiro atoms. The van der Waals surface area contributed by atoms with Crippen LogP contribution in [-0.4, -0.2) is 47.4 Å². The van der Waals surface area contributed by atoms with Gasteiger partial charge in [0.05, 0.1) is 25.4 Å². The summed E-state index contributed by atoms with van der Waals surface area (Å²) in [4.78, 5) is 24.7. The van der Waals surface area contributed by atoms with Crippen LogP contribution in [0.4, 0.5) is 0 Å². The fourth-order valence-corrected chi connectivity index (χ4v) is 11.9. The van der Waals surface area contributed by atoms with Crippen molar-refractivity contribution < 1.29 is 24.5 Å². The van der Waals surface area contributed by atoms with E-state index in [9.17, 15) is 19.8 Å². The lowest BCUT2D eigenvalue weighted by Gasteiger charge is -2.22. The van der Waals surface area contributed by atoms with E-state index in [0.29, 0.717) is 25.9 Å². The molecule has 0 rings (SSSR count). The zero-order chi connectivity index (χ0) is 57.8. The first-order chi connectivity index (χ1) is 39.5. The van der Waals surface area contributed by atoms with E-state index in [1.807, 2.05) is 0 Å². The third-order valence-electron chi connectivity index (χ3n) is 17.6. The van der Waals surface area contributed by atoms with Crippen molar-refractivity contribution in [2.75, 3.05) is 13.2 Å². The third-order valence-corrected chi connectivity index (χ3v) is 17.6. The molecule has 6 heteroatoms. The van der Waals surface area contributed by atoms with Crippen LogP contribution in [0.1, 0.15) is 425 Å². The number of nitrogens with one attached hydrogen (secondary N) is 1. The molecule has 0 aromatic rings. The number of hydrogen-bond acceptors (Lipinski definition) is 5. The summed E-state index contributed by atoms with van der Waals surface area (Å²) in [7, 11) is 0. The van der Waals surface area contributed by atoms with E-state index in [4.69, 9.17) is 4.74 Å². The Balaban J connectivity index is 3.38. The molecule has 0 saturated carbocycles. The summed E-state index contributed by atoms with van der Waals surface area (Å²) in [6.45, 7) is 5.00. The van der Waals surface area contributed by atoms with Gasteiger partial charge >= 0.3 is 5.97 Å². The Morgan fingerprint density at radius 2 is 0.588 bits per heavy atom. The van der Waals surface area contributed by atoms with Gasteiger partial charge in [-0.2, -0.15) is 0 Å². The molecule has 0 saturated heterocycles. The van der Waals surface area contributed by atoms with Crippen LogP contribution in [-0.2, 0) is 14.3 Å². The minimum Gasteiger partial charge on any atom is -0.466 e. The lowest BCUT2D eigenvalue weighted by molar-refractivity contribution is -0.143. The maximum absolute atomic E-state index is 12.6. The van der Waals surface area contributed by atoms with Crippen molar-refractivity contribution >= 4 is 11.9 Å². The first-order valence-electron chi connectivity index (χ1n) is 36.9. The number of aliphatic hydroxyl groups excluding tert-OH is 2. The highest BCUT2D eigenvalue weighted by Gasteiger charge is 2.20. The summed E-state index contributed by atoms with van der Waals surface area (Å²) in [5, 5.41) is 23.4. The second-order valence-corrected chi connectivity index (χ2v) is 25.6. The number of hydrogen-bond donors (Lipinski definition) is 3. The van der Waals surface area contributed by atoms with Crippen molar-refractivity contribution in [3.63, 3.8) is 0 Å². The number of allylic oxidation sites excluding steroid dienone is 2. The van der Waals surface area contributed by atoms with Crippen molar-refractivity contribution in [1.29, 1.82) is 0 Å². The van der Waals surface area contributed by atoms with Gasteiger partial charge in [0.25, 0.3) is 0 Å². The van der Waals surface area contributed by atoms with Gasteiger partial charge in [0.1, 0.15) is 0 Å². The van der Waals surface area contributed by atoms with Crippen LogP contribution < -0.4 is 5.32 Å². The zero-order valence-electron chi connectivity index (χ0n) is 54.6. The molecule has 476 valence electrons. The van der Waals surface area contributed by atoms with Crippen molar-refractivity contribution in [2.45, 2.75) is 437 Å². The molecule has 0 heterocycles. The molecule has 0 aliphatic heterocycles. The fraction of sp³-hybridized carbons (Fsp3) is 0.946. The molecule has 0 aromatic heterocycles. The van der Waals surface area contributed by atoms with Crippen LogP contribution in [0.2, 0.25) is 0 Å². The first kappa shape index (κ1) is 78.6. The topological polar surface area (TPSA) is 95.9 Å². The van der Waals surface area contributed by atoms with E-state index in [2.05, 4.69) is 31.3 Å². The Labute approximate surface area is 501 Å². The molecule has 0 bridgehead atoms. The van der Waals surface area contributed by atoms with Crippen molar-refractivity contribution in [3.8, 4) is 0 Å². The summed E-state index contributed by atoms with van der Waals surface area (Å²) >= 11 is 0. The Morgan fingerprint density at radius 1 is 0.338 bits per heavy atom.